The van der Waals surface area contributed by atoms with E-state index in [1.807, 2.05) is 0 Å². The highest BCUT2D eigenvalue weighted by Crippen LogP contribution is 2.38. The van der Waals surface area contributed by atoms with Crippen LogP contribution in [0.1, 0.15) is 75.6 Å². The minimum Gasteiger partial charge on any atom is -0.390 e. The van der Waals surface area contributed by atoms with E-state index in [0.717, 1.165) is 22.3 Å². The number of amides is 1. The summed E-state index contributed by atoms with van der Waals surface area (Å²) in [5, 5.41) is 16.2. The van der Waals surface area contributed by atoms with Crippen molar-refractivity contribution >= 4 is 27.6 Å². The molecular weight excluding hydrogens is 432 g/mol. The van der Waals surface area contributed by atoms with E-state index < -0.39 is 21.4 Å². The number of hydrogen-bond acceptors (Lipinski definition) is 5. The zero-order chi connectivity index (χ0) is 23.6. The average Bonchev–Trinajstić information content (AvgIpc) is 3.13. The van der Waals surface area contributed by atoms with Gasteiger partial charge in [0.15, 0.2) is 0 Å². The first-order chi connectivity index (χ1) is 14.3. The number of ether oxygens (including phenoxy) is 1. The van der Waals surface area contributed by atoms with Crippen LogP contribution in [0.15, 0.2) is 26.8 Å². The summed E-state index contributed by atoms with van der Waals surface area (Å²) in [6.45, 7) is 12.3. The molecule has 3 N–H and O–H groups in total. The predicted octanol–water partition coefficient (Wildman–Crippen LogP) is 4.47. The van der Waals surface area contributed by atoms with E-state index >= 15 is 0 Å². The molecule has 2 rings (SSSR count). The summed E-state index contributed by atoms with van der Waals surface area (Å²) in [6.07, 6.45) is 1.75. The van der Waals surface area contributed by atoms with E-state index in [1.165, 1.54) is 11.8 Å². The van der Waals surface area contributed by atoms with Gasteiger partial charge >= 0.3 is 0 Å². The first-order valence-electron chi connectivity index (χ1n) is 10.6. The van der Waals surface area contributed by atoms with Gasteiger partial charge in [-0.3, -0.25) is 4.79 Å². The Bertz CT molecular complexity index is 939. The average molecular weight is 469 g/mol. The summed E-state index contributed by atoms with van der Waals surface area (Å²) in [5.74, 6) is 0.298. The van der Waals surface area contributed by atoms with Crippen LogP contribution in [0, 0.1) is 5.92 Å². The maximum atomic E-state index is 13.0. The predicted molar refractivity (Wildman–Crippen MR) is 129 cm³/mol. The third kappa shape index (κ3) is 6.65. The van der Waals surface area contributed by atoms with Crippen LogP contribution in [0.25, 0.3) is 0 Å². The van der Waals surface area contributed by atoms with Gasteiger partial charge in [0.05, 0.1) is 22.9 Å². The van der Waals surface area contributed by atoms with E-state index in [9.17, 15) is 14.1 Å². The van der Waals surface area contributed by atoms with Crippen LogP contribution in [0.3, 0.4) is 0 Å². The van der Waals surface area contributed by atoms with Gasteiger partial charge in [0.1, 0.15) is 9.92 Å². The molecule has 174 valence electrons. The van der Waals surface area contributed by atoms with Crippen LogP contribution < -0.4 is 5.14 Å². The lowest BCUT2D eigenvalue weighted by Crippen LogP contribution is -2.29. The van der Waals surface area contributed by atoms with E-state index in [-0.39, 0.29) is 24.2 Å². The van der Waals surface area contributed by atoms with Crippen LogP contribution in [0.4, 0.5) is 0 Å². The molecule has 1 aliphatic rings. The Kier molecular flexibility index (Phi) is 8.55. The molecular formula is C23H36N2O4S2. The summed E-state index contributed by atoms with van der Waals surface area (Å²) in [4.78, 5) is 12.9. The molecule has 0 saturated heterocycles. The van der Waals surface area contributed by atoms with Crippen molar-refractivity contribution in [2.24, 2.45) is 15.4 Å². The second kappa shape index (κ2) is 10.2. The minimum atomic E-state index is -3.34. The fraction of sp³-hybridized carbons (Fsp3) is 0.609. The molecule has 0 aliphatic carbocycles. The van der Waals surface area contributed by atoms with Gasteiger partial charge in [0, 0.05) is 18.8 Å². The lowest BCUT2D eigenvalue weighted by atomic mass is 9.85. The quantitative estimate of drug-likeness (QED) is 0.586. The maximum Gasteiger partial charge on any atom is 0.259 e. The normalized spacial score (nSPS) is 18.9. The molecule has 2 atom stereocenters. The van der Waals surface area contributed by atoms with Gasteiger partial charge < -0.3 is 9.84 Å². The Morgan fingerprint density at radius 1 is 1.29 bits per heavy atom. The molecule has 0 fully saturated rings. The molecule has 1 aromatic carbocycles. The standard InChI is InChI=1S/C23H36N2O4S2/c1-14(2)18-8-16(12-29-7)9-19(15(3)4)20(18)11-21(26)25-31(24,28)22-10-17(13-30-22)23(5,6)27/h8-10,14-15,17,27H,11-13H2,1-7H3,(H2,24,25,26,28). The molecule has 0 saturated carbocycles. The SMILES string of the molecule is COCc1cc(C(C)C)c(CC(=O)N=S(N)(=O)C2=CC(C(C)(C)O)CS2)c(C(C)C)c1. The number of nitrogens with two attached hydrogens (primary N) is 1. The van der Waals surface area contributed by atoms with Crippen LogP contribution in [-0.4, -0.2) is 33.7 Å². The first kappa shape index (κ1) is 26.1. The molecule has 1 aromatic rings. The fourth-order valence-corrected chi connectivity index (χ4v) is 6.58. The molecule has 0 spiro atoms. The summed E-state index contributed by atoms with van der Waals surface area (Å²) in [7, 11) is -1.67. The molecule has 31 heavy (non-hydrogen) atoms. The minimum absolute atomic E-state index is 0.0509. The van der Waals surface area contributed by atoms with Gasteiger partial charge in [0.2, 0.25) is 0 Å². The number of hydrogen-bond donors (Lipinski definition) is 2. The summed E-state index contributed by atoms with van der Waals surface area (Å²) >= 11 is 1.30. The van der Waals surface area contributed by atoms with Crippen LogP contribution in [-0.2, 0) is 32.5 Å². The zero-order valence-electron chi connectivity index (χ0n) is 19.6. The van der Waals surface area contributed by atoms with Gasteiger partial charge in [-0.15, -0.1) is 16.1 Å². The fourth-order valence-electron chi connectivity index (χ4n) is 3.67. The molecule has 0 aromatic heterocycles. The smallest absolute Gasteiger partial charge is 0.259 e. The van der Waals surface area contributed by atoms with Gasteiger partial charge in [-0.1, -0.05) is 45.9 Å². The maximum absolute atomic E-state index is 13.0. The van der Waals surface area contributed by atoms with Crippen LogP contribution >= 0.6 is 11.8 Å². The third-order valence-electron chi connectivity index (χ3n) is 5.44. The molecule has 8 heteroatoms. The van der Waals surface area contributed by atoms with E-state index in [2.05, 4.69) is 44.2 Å². The highest BCUT2D eigenvalue weighted by Gasteiger charge is 2.32. The molecule has 1 aliphatic heterocycles. The van der Waals surface area contributed by atoms with Crippen molar-refractivity contribution in [2.75, 3.05) is 12.9 Å². The Morgan fingerprint density at radius 3 is 2.26 bits per heavy atom. The molecule has 1 amide bonds. The second-order valence-electron chi connectivity index (χ2n) is 9.28. The molecule has 2 unspecified atom stereocenters. The van der Waals surface area contributed by atoms with E-state index in [0.29, 0.717) is 16.6 Å². The van der Waals surface area contributed by atoms with Crippen molar-refractivity contribution in [3.05, 3.63) is 44.7 Å². The highest BCUT2D eigenvalue weighted by molar-refractivity contribution is 8.19. The third-order valence-corrected chi connectivity index (χ3v) is 8.64. The van der Waals surface area contributed by atoms with E-state index in [1.54, 1.807) is 27.0 Å². The molecule has 6 nitrogen and oxygen atoms in total. The van der Waals surface area contributed by atoms with Gasteiger partial charge in [-0.25, -0.2) is 9.35 Å². The van der Waals surface area contributed by atoms with Crippen molar-refractivity contribution in [3.63, 3.8) is 0 Å². The van der Waals surface area contributed by atoms with Crippen molar-refractivity contribution in [3.8, 4) is 0 Å². The molecule has 0 bridgehead atoms. The number of carbonyl (C=O) groups is 1. The largest absolute Gasteiger partial charge is 0.390 e. The van der Waals surface area contributed by atoms with Crippen molar-refractivity contribution in [1.29, 1.82) is 0 Å². The number of aliphatic hydroxyl groups is 1. The number of carbonyl (C=O) groups excluding carboxylic acids is 1. The van der Waals surface area contributed by atoms with Crippen molar-refractivity contribution < 1.29 is 18.8 Å². The number of nitrogens with zero attached hydrogens (tertiary/aromatic N) is 1. The Balaban J connectivity index is 2.42. The van der Waals surface area contributed by atoms with Gasteiger partial charge in [-0.2, -0.15) is 0 Å². The first-order valence-corrected chi connectivity index (χ1v) is 13.1. The van der Waals surface area contributed by atoms with Crippen LogP contribution in [0.2, 0.25) is 0 Å². The molecule has 0 radical (unpaired) electrons. The Hall–Kier alpha value is -1.19. The Labute approximate surface area is 191 Å². The molecule has 1 heterocycles. The summed E-state index contributed by atoms with van der Waals surface area (Å²) in [5.41, 5.74) is 3.19. The lowest BCUT2D eigenvalue weighted by molar-refractivity contribution is -0.117. The highest BCUT2D eigenvalue weighted by atomic mass is 32.3. The number of methoxy groups -OCH3 is 1. The van der Waals surface area contributed by atoms with Crippen molar-refractivity contribution in [2.45, 2.75) is 72.0 Å². The monoisotopic (exact) mass is 468 g/mol. The zero-order valence-corrected chi connectivity index (χ0v) is 21.2. The number of rotatable bonds is 8. The van der Waals surface area contributed by atoms with Gasteiger partial charge in [-0.05, 0) is 47.9 Å². The number of benzene rings is 1. The van der Waals surface area contributed by atoms with Gasteiger partial charge in [0.25, 0.3) is 5.91 Å². The van der Waals surface area contributed by atoms with Crippen LogP contribution in [0.5, 0.6) is 0 Å². The summed E-state index contributed by atoms with van der Waals surface area (Å²) in [6, 6.07) is 4.15. The summed E-state index contributed by atoms with van der Waals surface area (Å²) < 4.78 is 22.7. The lowest BCUT2D eigenvalue weighted by Gasteiger charge is -2.22. The topological polar surface area (TPSA) is 102 Å². The number of thioether (sulfide) groups is 1. The Morgan fingerprint density at radius 2 is 1.84 bits per heavy atom. The second-order valence-corrected chi connectivity index (χ2v) is 12.4. The van der Waals surface area contributed by atoms with E-state index in [4.69, 9.17) is 9.88 Å². The van der Waals surface area contributed by atoms with Crippen molar-refractivity contribution in [1.82, 2.24) is 0 Å².